The monoisotopic (exact) mass is 285 g/mol. The highest BCUT2D eigenvalue weighted by molar-refractivity contribution is 7.99. The van der Waals surface area contributed by atoms with Crippen LogP contribution in [0.25, 0.3) is 0 Å². The molecule has 1 aliphatic heterocycles. The molecule has 3 rings (SSSR count). The molecular formula is C17H19NOS. The first-order chi connectivity index (χ1) is 9.88. The summed E-state index contributed by atoms with van der Waals surface area (Å²) in [6, 6.07) is 17.1. The zero-order valence-electron chi connectivity index (χ0n) is 11.6. The van der Waals surface area contributed by atoms with Crippen molar-refractivity contribution in [3.8, 4) is 0 Å². The van der Waals surface area contributed by atoms with Crippen LogP contribution >= 0.6 is 11.8 Å². The first-order valence-corrected chi connectivity index (χ1v) is 7.89. The minimum atomic E-state index is 0.590. The zero-order chi connectivity index (χ0) is 13.8. The van der Waals surface area contributed by atoms with Crippen molar-refractivity contribution in [1.29, 1.82) is 0 Å². The number of ether oxygens (including phenoxy) is 1. The maximum atomic E-state index is 5.25. The zero-order valence-corrected chi connectivity index (χ0v) is 12.5. The molecule has 2 aromatic rings. The molecule has 0 aromatic heterocycles. The molecule has 1 N–H and O–H groups in total. The predicted molar refractivity (Wildman–Crippen MR) is 85.6 cm³/mol. The maximum Gasteiger partial charge on any atom is 0.0733 e. The Kier molecular flexibility index (Phi) is 4.28. The van der Waals surface area contributed by atoms with Crippen LogP contribution in [0, 0.1) is 0 Å². The molecule has 1 aliphatic rings. The average Bonchev–Trinajstić information content (AvgIpc) is 2.90. The largest absolute Gasteiger partial charge is 0.384 e. The van der Waals surface area contributed by atoms with Crippen molar-refractivity contribution >= 4 is 17.4 Å². The third-order valence-electron chi connectivity index (χ3n) is 3.65. The first kappa shape index (κ1) is 13.5. The van der Waals surface area contributed by atoms with Gasteiger partial charge in [-0.25, -0.2) is 0 Å². The van der Waals surface area contributed by atoms with Crippen LogP contribution < -0.4 is 5.32 Å². The summed E-state index contributed by atoms with van der Waals surface area (Å²) < 4.78 is 5.25. The van der Waals surface area contributed by atoms with E-state index < -0.39 is 0 Å². The second kappa shape index (κ2) is 6.33. The van der Waals surface area contributed by atoms with Crippen LogP contribution in [-0.2, 0) is 11.3 Å². The summed E-state index contributed by atoms with van der Waals surface area (Å²) >= 11 is 1.96. The summed E-state index contributed by atoms with van der Waals surface area (Å²) in [5.41, 5.74) is 3.88. The summed E-state index contributed by atoms with van der Waals surface area (Å²) in [5, 5.41) is 3.59. The first-order valence-electron chi connectivity index (χ1n) is 6.91. The van der Waals surface area contributed by atoms with Gasteiger partial charge in [0.1, 0.15) is 0 Å². The Hall–Kier alpha value is -1.45. The molecule has 0 saturated heterocycles. The van der Waals surface area contributed by atoms with Crippen LogP contribution in [0.3, 0.4) is 0 Å². The quantitative estimate of drug-likeness (QED) is 0.892. The number of anilines is 1. The molecule has 1 unspecified atom stereocenters. The summed E-state index contributed by atoms with van der Waals surface area (Å²) in [5.74, 6) is 1.76. The minimum Gasteiger partial charge on any atom is -0.384 e. The number of fused-ring (bicyclic) bond motifs is 1. The van der Waals surface area contributed by atoms with Gasteiger partial charge in [-0.15, -0.1) is 11.8 Å². The smallest absolute Gasteiger partial charge is 0.0733 e. The van der Waals surface area contributed by atoms with E-state index in [4.69, 9.17) is 4.74 Å². The standard InChI is InChI=1S/C17H19NOS/c1-19-11-13-6-2-4-8-16(13)18-10-14-12-20-17-9-5-3-7-15(14)17/h2-9,14,18H,10-12H2,1H3. The molecule has 0 radical (unpaired) electrons. The van der Waals surface area contributed by atoms with Gasteiger partial charge in [-0.3, -0.25) is 0 Å². The van der Waals surface area contributed by atoms with Crippen LogP contribution in [0.15, 0.2) is 53.4 Å². The van der Waals surface area contributed by atoms with Crippen LogP contribution in [0.5, 0.6) is 0 Å². The third kappa shape index (κ3) is 2.84. The lowest BCUT2D eigenvalue weighted by atomic mass is 10.0. The number of benzene rings is 2. The number of thioether (sulfide) groups is 1. The van der Waals surface area contributed by atoms with Gasteiger partial charge in [-0.1, -0.05) is 36.4 Å². The average molecular weight is 285 g/mol. The normalized spacial score (nSPS) is 16.9. The van der Waals surface area contributed by atoms with Crippen molar-refractivity contribution in [2.24, 2.45) is 0 Å². The van der Waals surface area contributed by atoms with E-state index in [2.05, 4.69) is 53.8 Å². The SMILES string of the molecule is COCc1ccccc1NCC1CSc2ccccc21. The van der Waals surface area contributed by atoms with Gasteiger partial charge in [0.15, 0.2) is 0 Å². The van der Waals surface area contributed by atoms with E-state index in [9.17, 15) is 0 Å². The molecule has 2 nitrogen and oxygen atoms in total. The Labute approximate surface area is 124 Å². The molecule has 0 amide bonds. The van der Waals surface area contributed by atoms with Crippen LogP contribution in [0.2, 0.25) is 0 Å². The highest BCUT2D eigenvalue weighted by Gasteiger charge is 2.22. The predicted octanol–water partition coefficient (Wildman–Crippen LogP) is 4.13. The van der Waals surface area contributed by atoms with Gasteiger partial charge in [0.2, 0.25) is 0 Å². The Bertz CT molecular complexity index is 585. The lowest BCUT2D eigenvalue weighted by molar-refractivity contribution is 0.185. The van der Waals surface area contributed by atoms with Gasteiger partial charge in [0, 0.05) is 41.5 Å². The number of nitrogens with one attached hydrogen (secondary N) is 1. The molecule has 1 heterocycles. The van der Waals surface area contributed by atoms with Crippen molar-refractivity contribution in [3.05, 3.63) is 59.7 Å². The molecule has 1 atom stereocenters. The summed E-state index contributed by atoms with van der Waals surface area (Å²) in [6.07, 6.45) is 0. The second-order valence-electron chi connectivity index (χ2n) is 5.02. The Morgan fingerprint density at radius 2 is 1.95 bits per heavy atom. The Morgan fingerprint density at radius 1 is 1.15 bits per heavy atom. The van der Waals surface area contributed by atoms with E-state index in [1.807, 2.05) is 11.8 Å². The molecular weight excluding hydrogens is 266 g/mol. The second-order valence-corrected chi connectivity index (χ2v) is 6.08. The van der Waals surface area contributed by atoms with Crippen molar-refractivity contribution in [1.82, 2.24) is 0 Å². The van der Waals surface area contributed by atoms with Crippen molar-refractivity contribution < 1.29 is 4.74 Å². The van der Waals surface area contributed by atoms with E-state index in [-0.39, 0.29) is 0 Å². The van der Waals surface area contributed by atoms with Crippen LogP contribution in [0.4, 0.5) is 5.69 Å². The topological polar surface area (TPSA) is 21.3 Å². The summed E-state index contributed by atoms with van der Waals surface area (Å²) in [7, 11) is 1.74. The Morgan fingerprint density at radius 3 is 2.85 bits per heavy atom. The number of para-hydroxylation sites is 1. The van der Waals surface area contributed by atoms with E-state index in [0.29, 0.717) is 12.5 Å². The van der Waals surface area contributed by atoms with Gasteiger partial charge >= 0.3 is 0 Å². The fourth-order valence-electron chi connectivity index (χ4n) is 2.61. The molecule has 2 aromatic carbocycles. The molecule has 104 valence electrons. The molecule has 0 aliphatic carbocycles. The lowest BCUT2D eigenvalue weighted by Crippen LogP contribution is -2.13. The highest BCUT2D eigenvalue weighted by atomic mass is 32.2. The fourth-order valence-corrected chi connectivity index (χ4v) is 3.86. The van der Waals surface area contributed by atoms with Gasteiger partial charge in [-0.2, -0.15) is 0 Å². The summed E-state index contributed by atoms with van der Waals surface area (Å²) in [6.45, 7) is 1.63. The van der Waals surface area contributed by atoms with E-state index in [1.165, 1.54) is 27.5 Å². The third-order valence-corrected chi connectivity index (χ3v) is 4.91. The number of hydrogen-bond donors (Lipinski definition) is 1. The van der Waals surface area contributed by atoms with Gasteiger partial charge in [0.25, 0.3) is 0 Å². The van der Waals surface area contributed by atoms with E-state index in [1.54, 1.807) is 7.11 Å². The molecule has 20 heavy (non-hydrogen) atoms. The number of hydrogen-bond acceptors (Lipinski definition) is 3. The number of rotatable bonds is 5. The number of methoxy groups -OCH3 is 1. The minimum absolute atomic E-state index is 0.590. The van der Waals surface area contributed by atoms with Crippen molar-refractivity contribution in [2.75, 3.05) is 24.7 Å². The Balaban J connectivity index is 1.69. The van der Waals surface area contributed by atoms with Crippen molar-refractivity contribution in [3.63, 3.8) is 0 Å². The van der Waals surface area contributed by atoms with Gasteiger partial charge in [-0.05, 0) is 17.7 Å². The molecule has 0 saturated carbocycles. The van der Waals surface area contributed by atoms with Crippen molar-refractivity contribution in [2.45, 2.75) is 17.4 Å². The van der Waals surface area contributed by atoms with Gasteiger partial charge in [0.05, 0.1) is 6.61 Å². The van der Waals surface area contributed by atoms with Crippen LogP contribution in [-0.4, -0.2) is 19.4 Å². The molecule has 0 spiro atoms. The maximum absolute atomic E-state index is 5.25. The molecule has 3 heteroatoms. The van der Waals surface area contributed by atoms with E-state index >= 15 is 0 Å². The van der Waals surface area contributed by atoms with Gasteiger partial charge < -0.3 is 10.1 Å². The fraction of sp³-hybridized carbons (Fsp3) is 0.294. The molecule has 0 fully saturated rings. The molecule has 0 bridgehead atoms. The summed E-state index contributed by atoms with van der Waals surface area (Å²) in [4.78, 5) is 1.43. The highest BCUT2D eigenvalue weighted by Crippen LogP contribution is 2.39. The van der Waals surface area contributed by atoms with E-state index in [0.717, 1.165) is 6.54 Å². The lowest BCUT2D eigenvalue weighted by Gasteiger charge is -2.15. The van der Waals surface area contributed by atoms with Crippen LogP contribution in [0.1, 0.15) is 17.0 Å².